The molecule has 1 fully saturated rings. The first-order valence-electron chi connectivity index (χ1n) is 5.79. The van der Waals surface area contributed by atoms with E-state index in [1.165, 1.54) is 6.07 Å². The first-order valence-corrected chi connectivity index (χ1v) is 5.79. The maximum Gasteiger partial charge on any atom is 0.419 e. The van der Waals surface area contributed by atoms with E-state index in [4.69, 9.17) is 0 Å². The Balaban J connectivity index is 2.06. The summed E-state index contributed by atoms with van der Waals surface area (Å²) in [6.45, 7) is 4.52. The molecule has 1 atom stereocenters. The molecule has 1 unspecified atom stereocenters. The van der Waals surface area contributed by atoms with Crippen molar-refractivity contribution in [1.29, 1.82) is 0 Å². The largest absolute Gasteiger partial charge is 0.419 e. The van der Waals surface area contributed by atoms with Gasteiger partial charge in [-0.25, -0.2) is 4.39 Å². The minimum absolute atomic E-state index is 0.215. The van der Waals surface area contributed by atoms with Gasteiger partial charge in [-0.15, -0.1) is 0 Å². The quantitative estimate of drug-likeness (QED) is 0.817. The van der Waals surface area contributed by atoms with Crippen molar-refractivity contribution < 1.29 is 17.6 Å². The van der Waals surface area contributed by atoms with E-state index >= 15 is 0 Å². The molecule has 0 aliphatic heterocycles. The second-order valence-electron chi connectivity index (χ2n) is 5.44. The van der Waals surface area contributed by atoms with Crippen LogP contribution in [0.3, 0.4) is 0 Å². The van der Waals surface area contributed by atoms with E-state index in [1.54, 1.807) is 0 Å². The topological polar surface area (TPSA) is 12.0 Å². The van der Waals surface area contributed by atoms with Crippen LogP contribution in [-0.4, -0.2) is 6.04 Å². The highest BCUT2D eigenvalue weighted by atomic mass is 19.4. The third-order valence-corrected chi connectivity index (χ3v) is 3.40. The lowest BCUT2D eigenvalue weighted by atomic mass is 10.1. The molecule has 100 valence electrons. The van der Waals surface area contributed by atoms with Gasteiger partial charge in [0.2, 0.25) is 0 Å². The minimum Gasteiger partial charge on any atom is -0.309 e. The molecule has 1 aliphatic rings. The molecule has 1 saturated carbocycles. The second-order valence-corrected chi connectivity index (χ2v) is 5.44. The number of benzene rings is 1. The smallest absolute Gasteiger partial charge is 0.309 e. The molecule has 0 radical (unpaired) electrons. The van der Waals surface area contributed by atoms with Crippen LogP contribution >= 0.6 is 0 Å². The molecule has 0 amide bonds. The fraction of sp³-hybridized carbons (Fsp3) is 0.538. The van der Waals surface area contributed by atoms with Crippen molar-refractivity contribution in [2.75, 3.05) is 0 Å². The number of hydrogen-bond donors (Lipinski definition) is 1. The third-order valence-electron chi connectivity index (χ3n) is 3.40. The van der Waals surface area contributed by atoms with E-state index in [1.807, 2.05) is 0 Å². The van der Waals surface area contributed by atoms with Crippen LogP contribution in [0.2, 0.25) is 0 Å². The molecule has 0 heterocycles. The van der Waals surface area contributed by atoms with Crippen molar-refractivity contribution in [3.63, 3.8) is 0 Å². The van der Waals surface area contributed by atoms with Gasteiger partial charge in [-0.3, -0.25) is 0 Å². The van der Waals surface area contributed by atoms with Gasteiger partial charge in [0.05, 0.1) is 5.56 Å². The number of nitrogens with one attached hydrogen (secondary N) is 1. The van der Waals surface area contributed by atoms with Crippen molar-refractivity contribution in [3.8, 4) is 0 Å². The summed E-state index contributed by atoms with van der Waals surface area (Å²) in [4.78, 5) is 0. The molecule has 1 aliphatic carbocycles. The van der Waals surface area contributed by atoms with Gasteiger partial charge in [0.1, 0.15) is 5.82 Å². The maximum absolute atomic E-state index is 13.1. The fourth-order valence-corrected chi connectivity index (χ4v) is 1.96. The van der Waals surface area contributed by atoms with Crippen LogP contribution < -0.4 is 5.32 Å². The zero-order valence-electron chi connectivity index (χ0n) is 10.2. The van der Waals surface area contributed by atoms with Gasteiger partial charge in [-0.2, -0.15) is 13.2 Å². The average molecular weight is 261 g/mol. The predicted octanol–water partition coefficient (Wildman–Crippen LogP) is 3.73. The highest BCUT2D eigenvalue weighted by Crippen LogP contribution is 2.44. The van der Waals surface area contributed by atoms with E-state index in [9.17, 15) is 17.6 Å². The molecule has 5 heteroatoms. The Kier molecular flexibility index (Phi) is 3.13. The predicted molar refractivity (Wildman–Crippen MR) is 60.4 cm³/mol. The normalized spacial score (nSPS) is 22.0. The van der Waals surface area contributed by atoms with Crippen molar-refractivity contribution in [3.05, 3.63) is 35.1 Å². The van der Waals surface area contributed by atoms with Gasteiger partial charge in [0, 0.05) is 12.6 Å². The summed E-state index contributed by atoms with van der Waals surface area (Å²) in [5.74, 6) is -1.22. The van der Waals surface area contributed by atoms with Gasteiger partial charge >= 0.3 is 6.18 Å². The number of alkyl halides is 3. The minimum atomic E-state index is -4.64. The van der Waals surface area contributed by atoms with Crippen molar-refractivity contribution in [2.24, 2.45) is 5.41 Å². The van der Waals surface area contributed by atoms with Crippen molar-refractivity contribution in [1.82, 2.24) is 5.32 Å². The summed E-state index contributed by atoms with van der Waals surface area (Å²) in [5, 5.41) is 3.17. The molecule has 0 saturated heterocycles. The summed E-state index contributed by atoms with van der Waals surface area (Å²) in [6, 6.07) is 3.46. The van der Waals surface area contributed by atoms with Crippen LogP contribution in [0.1, 0.15) is 31.4 Å². The van der Waals surface area contributed by atoms with E-state index in [2.05, 4.69) is 19.2 Å². The highest BCUT2D eigenvalue weighted by molar-refractivity contribution is 5.27. The molecule has 1 aromatic carbocycles. The van der Waals surface area contributed by atoms with Crippen LogP contribution in [-0.2, 0) is 12.7 Å². The zero-order valence-corrected chi connectivity index (χ0v) is 10.2. The SMILES string of the molecule is CC1(C)CC1NCc1ccc(F)c(C(F)(F)F)c1. The van der Waals surface area contributed by atoms with Crippen molar-refractivity contribution in [2.45, 2.75) is 39.0 Å². The van der Waals surface area contributed by atoms with Crippen LogP contribution in [0, 0.1) is 11.2 Å². The van der Waals surface area contributed by atoms with Crippen LogP contribution in [0.4, 0.5) is 17.6 Å². The Morgan fingerprint density at radius 1 is 1.33 bits per heavy atom. The second kappa shape index (κ2) is 4.23. The summed E-state index contributed by atoms with van der Waals surface area (Å²) in [6.07, 6.45) is -3.63. The Morgan fingerprint density at radius 2 is 1.94 bits per heavy atom. The summed E-state index contributed by atoms with van der Waals surface area (Å²) < 4.78 is 50.6. The molecule has 18 heavy (non-hydrogen) atoms. The van der Waals surface area contributed by atoms with Gasteiger partial charge in [0.15, 0.2) is 0 Å². The molecule has 1 nitrogen and oxygen atoms in total. The molecule has 1 aromatic rings. The molecule has 0 aromatic heterocycles. The summed E-state index contributed by atoms with van der Waals surface area (Å²) >= 11 is 0. The Bertz CT molecular complexity index is 451. The zero-order chi connectivity index (χ0) is 13.6. The van der Waals surface area contributed by atoms with Crippen molar-refractivity contribution >= 4 is 0 Å². The summed E-state index contributed by atoms with van der Waals surface area (Å²) in [5.41, 5.74) is -0.532. The lowest BCUT2D eigenvalue weighted by Crippen LogP contribution is -2.20. The van der Waals surface area contributed by atoms with Crippen LogP contribution in [0.5, 0.6) is 0 Å². The first kappa shape index (κ1) is 13.3. The number of rotatable bonds is 3. The Labute approximate surface area is 103 Å². The van der Waals surface area contributed by atoms with Gasteiger partial charge in [-0.05, 0) is 29.5 Å². The number of hydrogen-bond acceptors (Lipinski definition) is 1. The number of halogens is 4. The van der Waals surface area contributed by atoms with E-state index in [-0.39, 0.29) is 5.41 Å². The first-order chi connectivity index (χ1) is 8.20. The highest BCUT2D eigenvalue weighted by Gasteiger charge is 2.45. The molecule has 0 spiro atoms. The standard InChI is InChI=1S/C13H15F4N/c1-12(2)6-11(12)18-7-8-3-4-10(14)9(5-8)13(15,16)17/h3-5,11,18H,6-7H2,1-2H3. The van der Waals surface area contributed by atoms with Crippen LogP contribution in [0.25, 0.3) is 0 Å². The fourth-order valence-electron chi connectivity index (χ4n) is 1.96. The Hall–Kier alpha value is -1.10. The monoisotopic (exact) mass is 261 g/mol. The van der Waals surface area contributed by atoms with E-state index in [0.29, 0.717) is 18.2 Å². The lowest BCUT2D eigenvalue weighted by molar-refractivity contribution is -0.140. The molecular formula is C13H15F4N. The van der Waals surface area contributed by atoms with Crippen LogP contribution in [0.15, 0.2) is 18.2 Å². The molecular weight excluding hydrogens is 246 g/mol. The molecule has 1 N–H and O–H groups in total. The molecule has 0 bridgehead atoms. The van der Waals surface area contributed by atoms with Gasteiger partial charge < -0.3 is 5.32 Å². The van der Waals surface area contributed by atoms with Gasteiger partial charge in [0.25, 0.3) is 0 Å². The third kappa shape index (κ3) is 2.83. The molecule has 2 rings (SSSR count). The van der Waals surface area contributed by atoms with E-state index < -0.39 is 17.6 Å². The average Bonchev–Trinajstić information content (AvgIpc) is 2.83. The summed E-state index contributed by atoms with van der Waals surface area (Å²) in [7, 11) is 0. The van der Waals surface area contributed by atoms with Gasteiger partial charge in [-0.1, -0.05) is 19.9 Å². The van der Waals surface area contributed by atoms with E-state index in [0.717, 1.165) is 18.6 Å². The Morgan fingerprint density at radius 3 is 2.44 bits per heavy atom. The lowest BCUT2D eigenvalue weighted by Gasteiger charge is -2.11. The maximum atomic E-state index is 13.1.